The summed E-state index contributed by atoms with van der Waals surface area (Å²) in [4.78, 5) is 23.9. The number of aryl methyl sites for hydroxylation is 1. The maximum atomic E-state index is 10.8. The van der Waals surface area contributed by atoms with Crippen LogP contribution in [0.3, 0.4) is 0 Å². The fourth-order valence-electron chi connectivity index (χ4n) is 2.73. The molecule has 0 saturated carbocycles. The van der Waals surface area contributed by atoms with E-state index in [1.165, 1.54) is 0 Å². The first-order valence-electron chi connectivity index (χ1n) is 8.48. The fourth-order valence-corrected chi connectivity index (χ4v) is 2.73. The standard InChI is InChI=1S/C18H23N5O2/c1-3-25-16-6-4-15(5-7-16)20-17-12-14(2)19-18(21-17)23-10-8-22(13-24)9-11-23/h4-7,12-13H,3,8-11H2,1-2H3,(H,19,20,21). The van der Waals surface area contributed by atoms with Gasteiger partial charge in [-0.05, 0) is 38.1 Å². The molecule has 0 atom stereocenters. The molecule has 1 aliphatic rings. The molecule has 1 N–H and O–H groups in total. The average Bonchev–Trinajstić information content (AvgIpc) is 2.63. The van der Waals surface area contributed by atoms with E-state index in [4.69, 9.17) is 4.74 Å². The summed E-state index contributed by atoms with van der Waals surface area (Å²) in [5.41, 5.74) is 1.84. The van der Waals surface area contributed by atoms with Crippen LogP contribution in [0.4, 0.5) is 17.5 Å². The van der Waals surface area contributed by atoms with Gasteiger partial charge in [-0.25, -0.2) is 4.98 Å². The van der Waals surface area contributed by atoms with E-state index in [1.54, 1.807) is 4.90 Å². The van der Waals surface area contributed by atoms with Crippen LogP contribution in [0.15, 0.2) is 30.3 Å². The molecule has 2 heterocycles. The van der Waals surface area contributed by atoms with Crippen LogP contribution in [0.1, 0.15) is 12.6 Å². The Labute approximate surface area is 147 Å². The number of carbonyl (C=O) groups is 1. The van der Waals surface area contributed by atoms with Crippen molar-refractivity contribution in [1.29, 1.82) is 0 Å². The highest BCUT2D eigenvalue weighted by molar-refractivity contribution is 5.59. The van der Waals surface area contributed by atoms with Crippen LogP contribution >= 0.6 is 0 Å². The number of amides is 1. The van der Waals surface area contributed by atoms with Gasteiger partial charge in [0.2, 0.25) is 12.4 Å². The van der Waals surface area contributed by atoms with Gasteiger partial charge in [0.05, 0.1) is 6.61 Å². The molecule has 0 bridgehead atoms. The summed E-state index contributed by atoms with van der Waals surface area (Å²) in [6.07, 6.45) is 0.896. The average molecular weight is 341 g/mol. The zero-order valence-corrected chi connectivity index (χ0v) is 14.6. The van der Waals surface area contributed by atoms with Crippen molar-refractivity contribution in [3.63, 3.8) is 0 Å². The summed E-state index contributed by atoms with van der Waals surface area (Å²) in [7, 11) is 0. The van der Waals surface area contributed by atoms with Gasteiger partial charge >= 0.3 is 0 Å². The second-order valence-corrected chi connectivity index (χ2v) is 5.91. The van der Waals surface area contributed by atoms with E-state index in [2.05, 4.69) is 20.2 Å². The van der Waals surface area contributed by atoms with Crippen molar-refractivity contribution in [3.8, 4) is 5.75 Å². The molecule has 1 amide bonds. The van der Waals surface area contributed by atoms with Gasteiger partial charge in [0.15, 0.2) is 0 Å². The van der Waals surface area contributed by atoms with Gasteiger partial charge in [-0.2, -0.15) is 4.98 Å². The first kappa shape index (κ1) is 17.0. The molecule has 2 aromatic rings. The Morgan fingerprint density at radius 3 is 2.52 bits per heavy atom. The van der Waals surface area contributed by atoms with Crippen LogP contribution in [-0.4, -0.2) is 54.1 Å². The first-order chi connectivity index (χ1) is 12.2. The summed E-state index contributed by atoms with van der Waals surface area (Å²) in [6.45, 7) is 7.45. The molecule has 3 rings (SSSR count). The Kier molecular flexibility index (Phi) is 5.33. The molecule has 25 heavy (non-hydrogen) atoms. The maximum absolute atomic E-state index is 10.8. The maximum Gasteiger partial charge on any atom is 0.227 e. The van der Waals surface area contributed by atoms with Gasteiger partial charge in [0.1, 0.15) is 11.6 Å². The number of hydrogen-bond acceptors (Lipinski definition) is 6. The lowest BCUT2D eigenvalue weighted by Crippen LogP contribution is -2.46. The molecule has 7 heteroatoms. The van der Waals surface area contributed by atoms with Gasteiger partial charge in [-0.1, -0.05) is 0 Å². The van der Waals surface area contributed by atoms with Crippen molar-refractivity contribution in [2.75, 3.05) is 43.0 Å². The number of hydrogen-bond donors (Lipinski definition) is 1. The van der Waals surface area contributed by atoms with Gasteiger partial charge in [-0.15, -0.1) is 0 Å². The number of carbonyl (C=O) groups excluding carboxylic acids is 1. The van der Waals surface area contributed by atoms with E-state index in [0.29, 0.717) is 25.6 Å². The Bertz CT molecular complexity index is 712. The largest absolute Gasteiger partial charge is 0.494 e. The Hall–Kier alpha value is -2.83. The Balaban J connectivity index is 1.72. The number of nitrogens with zero attached hydrogens (tertiary/aromatic N) is 4. The number of rotatable bonds is 6. The minimum atomic E-state index is 0.651. The fraction of sp³-hybridized carbons (Fsp3) is 0.389. The zero-order chi connectivity index (χ0) is 17.6. The predicted octanol–water partition coefficient (Wildman–Crippen LogP) is 2.21. The van der Waals surface area contributed by atoms with E-state index in [1.807, 2.05) is 44.2 Å². The van der Waals surface area contributed by atoms with E-state index < -0.39 is 0 Å². The molecular formula is C18H23N5O2. The second-order valence-electron chi connectivity index (χ2n) is 5.91. The first-order valence-corrected chi connectivity index (χ1v) is 8.48. The molecule has 0 unspecified atom stereocenters. The molecular weight excluding hydrogens is 318 g/mol. The number of benzene rings is 1. The molecule has 1 aromatic heterocycles. The zero-order valence-electron chi connectivity index (χ0n) is 14.6. The monoisotopic (exact) mass is 341 g/mol. The second kappa shape index (κ2) is 7.83. The normalized spacial score (nSPS) is 14.3. The molecule has 1 saturated heterocycles. The number of ether oxygens (including phenoxy) is 1. The summed E-state index contributed by atoms with van der Waals surface area (Å²) in [5.74, 6) is 2.30. The van der Waals surface area contributed by atoms with Crippen molar-refractivity contribution < 1.29 is 9.53 Å². The minimum Gasteiger partial charge on any atom is -0.494 e. The molecule has 0 radical (unpaired) electrons. The predicted molar refractivity (Wildman–Crippen MR) is 97.5 cm³/mol. The van der Waals surface area contributed by atoms with Crippen LogP contribution in [0.5, 0.6) is 5.75 Å². The molecule has 0 aliphatic carbocycles. The Morgan fingerprint density at radius 2 is 1.88 bits per heavy atom. The van der Waals surface area contributed by atoms with Gasteiger partial charge < -0.3 is 19.9 Å². The summed E-state index contributed by atoms with van der Waals surface area (Å²) >= 11 is 0. The molecule has 0 spiro atoms. The third-order valence-electron chi connectivity index (χ3n) is 4.03. The third-order valence-corrected chi connectivity index (χ3v) is 4.03. The number of nitrogens with one attached hydrogen (secondary N) is 1. The highest BCUT2D eigenvalue weighted by atomic mass is 16.5. The highest BCUT2D eigenvalue weighted by Crippen LogP contribution is 2.21. The lowest BCUT2D eigenvalue weighted by atomic mass is 10.3. The van der Waals surface area contributed by atoms with Gasteiger partial charge in [-0.3, -0.25) is 4.79 Å². The minimum absolute atomic E-state index is 0.651. The van der Waals surface area contributed by atoms with Crippen molar-refractivity contribution >= 4 is 23.9 Å². The topological polar surface area (TPSA) is 70.6 Å². The van der Waals surface area contributed by atoms with Crippen LogP contribution < -0.4 is 15.0 Å². The molecule has 7 nitrogen and oxygen atoms in total. The number of piperazine rings is 1. The lowest BCUT2D eigenvalue weighted by Gasteiger charge is -2.32. The highest BCUT2D eigenvalue weighted by Gasteiger charge is 2.18. The molecule has 1 aliphatic heterocycles. The van der Waals surface area contributed by atoms with Crippen molar-refractivity contribution in [2.24, 2.45) is 0 Å². The smallest absolute Gasteiger partial charge is 0.227 e. The SMILES string of the molecule is CCOc1ccc(Nc2cc(C)nc(N3CCN(C=O)CC3)n2)cc1. The molecule has 1 fully saturated rings. The quantitative estimate of drug-likeness (QED) is 0.812. The van der Waals surface area contributed by atoms with Crippen LogP contribution in [0.2, 0.25) is 0 Å². The summed E-state index contributed by atoms with van der Waals surface area (Å²) < 4.78 is 5.46. The van der Waals surface area contributed by atoms with E-state index in [9.17, 15) is 4.79 Å². The number of aromatic nitrogens is 2. The van der Waals surface area contributed by atoms with Crippen molar-refractivity contribution in [2.45, 2.75) is 13.8 Å². The number of anilines is 3. The third kappa shape index (κ3) is 4.37. The van der Waals surface area contributed by atoms with Crippen molar-refractivity contribution in [1.82, 2.24) is 14.9 Å². The lowest BCUT2D eigenvalue weighted by molar-refractivity contribution is -0.118. The van der Waals surface area contributed by atoms with E-state index in [0.717, 1.165) is 42.4 Å². The Morgan fingerprint density at radius 1 is 1.16 bits per heavy atom. The van der Waals surface area contributed by atoms with Crippen LogP contribution in [0.25, 0.3) is 0 Å². The van der Waals surface area contributed by atoms with E-state index in [-0.39, 0.29) is 0 Å². The van der Waals surface area contributed by atoms with Gasteiger partial charge in [0, 0.05) is 43.6 Å². The van der Waals surface area contributed by atoms with Crippen molar-refractivity contribution in [3.05, 3.63) is 36.0 Å². The van der Waals surface area contributed by atoms with Crippen LogP contribution in [-0.2, 0) is 4.79 Å². The van der Waals surface area contributed by atoms with E-state index >= 15 is 0 Å². The van der Waals surface area contributed by atoms with Crippen LogP contribution in [0, 0.1) is 6.92 Å². The summed E-state index contributed by atoms with van der Waals surface area (Å²) in [5, 5.41) is 3.31. The molecule has 1 aromatic carbocycles. The summed E-state index contributed by atoms with van der Waals surface area (Å²) in [6, 6.07) is 9.70. The van der Waals surface area contributed by atoms with Gasteiger partial charge in [0.25, 0.3) is 0 Å². The molecule has 132 valence electrons.